The summed E-state index contributed by atoms with van der Waals surface area (Å²) in [5.74, 6) is 0.369. The van der Waals surface area contributed by atoms with Crippen molar-refractivity contribution in [2.75, 3.05) is 5.32 Å². The third-order valence-electron chi connectivity index (χ3n) is 5.26. The van der Waals surface area contributed by atoms with E-state index >= 15 is 0 Å². The summed E-state index contributed by atoms with van der Waals surface area (Å²) in [6.45, 7) is 8.71. The Morgan fingerprint density at radius 1 is 1.38 bits per heavy atom. The molecule has 2 aromatic rings. The van der Waals surface area contributed by atoms with E-state index in [1.54, 1.807) is 23.5 Å². The van der Waals surface area contributed by atoms with Crippen LogP contribution in [-0.2, 0) is 12.8 Å². The third kappa shape index (κ3) is 3.65. The number of nitriles is 1. The second kappa shape index (κ2) is 7.06. The van der Waals surface area contributed by atoms with Gasteiger partial charge < -0.3 is 5.32 Å². The number of thiophene rings is 1. The molecule has 5 heteroatoms. The Bertz CT molecular complexity index is 902. The summed E-state index contributed by atoms with van der Waals surface area (Å²) in [5.41, 5.74) is 3.43. The maximum Gasteiger partial charge on any atom is 0.256 e. The average Bonchev–Trinajstić information content (AvgIpc) is 2.92. The van der Waals surface area contributed by atoms with Crippen molar-refractivity contribution in [2.24, 2.45) is 11.3 Å². The number of benzene rings is 1. The van der Waals surface area contributed by atoms with E-state index in [2.05, 4.69) is 32.2 Å². The lowest BCUT2D eigenvalue weighted by atomic mass is 9.72. The number of hydrogen-bond acceptors (Lipinski definition) is 3. The van der Waals surface area contributed by atoms with E-state index in [0.717, 1.165) is 30.4 Å². The van der Waals surface area contributed by atoms with E-state index in [4.69, 9.17) is 11.6 Å². The van der Waals surface area contributed by atoms with Gasteiger partial charge in [-0.2, -0.15) is 5.26 Å². The van der Waals surface area contributed by atoms with Crippen LogP contribution >= 0.6 is 22.9 Å². The number of amides is 1. The highest BCUT2D eigenvalue weighted by atomic mass is 35.5. The fraction of sp³-hybridized carbons (Fsp3) is 0.429. The molecule has 26 heavy (non-hydrogen) atoms. The summed E-state index contributed by atoms with van der Waals surface area (Å²) in [6.07, 6.45) is 2.97. The number of rotatable bonds is 2. The molecular formula is C21H23ClN2OS. The van der Waals surface area contributed by atoms with Gasteiger partial charge in [-0.15, -0.1) is 11.3 Å². The zero-order valence-corrected chi connectivity index (χ0v) is 17.1. The first-order valence-electron chi connectivity index (χ1n) is 8.83. The van der Waals surface area contributed by atoms with Crippen molar-refractivity contribution in [3.05, 3.63) is 50.4 Å². The van der Waals surface area contributed by atoms with Crippen LogP contribution in [0.15, 0.2) is 18.2 Å². The second-order valence-corrected chi connectivity index (χ2v) is 9.56. The van der Waals surface area contributed by atoms with Crippen LogP contribution in [0.4, 0.5) is 5.00 Å². The number of anilines is 1. The molecule has 1 atom stereocenters. The quantitative estimate of drug-likeness (QED) is 0.689. The molecule has 1 aliphatic carbocycles. The molecule has 1 aromatic heterocycles. The van der Waals surface area contributed by atoms with Crippen molar-refractivity contribution < 1.29 is 4.79 Å². The van der Waals surface area contributed by atoms with Crippen LogP contribution in [0.5, 0.6) is 0 Å². The Kier molecular flexibility index (Phi) is 5.14. The number of hydrogen-bond donors (Lipinski definition) is 1. The van der Waals surface area contributed by atoms with Gasteiger partial charge in [0.25, 0.3) is 5.91 Å². The molecule has 0 radical (unpaired) electrons. The van der Waals surface area contributed by atoms with Gasteiger partial charge in [0.15, 0.2) is 0 Å². The van der Waals surface area contributed by atoms with Gasteiger partial charge in [0.1, 0.15) is 11.1 Å². The summed E-state index contributed by atoms with van der Waals surface area (Å²) in [7, 11) is 0. The zero-order chi connectivity index (χ0) is 19.1. The van der Waals surface area contributed by atoms with Crippen LogP contribution in [0.2, 0.25) is 5.02 Å². The predicted molar refractivity (Wildman–Crippen MR) is 108 cm³/mol. The number of carbonyl (C=O) groups is 1. The Hall–Kier alpha value is -1.83. The minimum atomic E-state index is -0.227. The largest absolute Gasteiger partial charge is 0.312 e. The third-order valence-corrected chi connectivity index (χ3v) is 6.84. The molecule has 0 bridgehead atoms. The molecule has 0 unspecified atom stereocenters. The number of fused-ring (bicyclic) bond motifs is 1. The molecule has 3 rings (SSSR count). The van der Waals surface area contributed by atoms with Gasteiger partial charge in [0.2, 0.25) is 0 Å². The highest BCUT2D eigenvalue weighted by Gasteiger charge is 2.32. The molecule has 1 aliphatic rings. The van der Waals surface area contributed by atoms with Gasteiger partial charge in [-0.3, -0.25) is 4.79 Å². The number of aryl methyl sites for hydroxylation is 1. The lowest BCUT2D eigenvalue weighted by Crippen LogP contribution is -2.26. The summed E-state index contributed by atoms with van der Waals surface area (Å²) in [5, 5.41) is 13.8. The molecule has 3 nitrogen and oxygen atoms in total. The van der Waals surface area contributed by atoms with E-state index in [0.29, 0.717) is 27.1 Å². The van der Waals surface area contributed by atoms with E-state index in [1.807, 2.05) is 13.0 Å². The van der Waals surface area contributed by atoms with Gasteiger partial charge in [-0.1, -0.05) is 38.4 Å². The number of carbonyl (C=O) groups excluding carboxylic acids is 1. The molecule has 0 spiro atoms. The fourth-order valence-corrected chi connectivity index (χ4v) is 4.89. The van der Waals surface area contributed by atoms with E-state index in [-0.39, 0.29) is 11.3 Å². The van der Waals surface area contributed by atoms with Gasteiger partial charge in [-0.05, 0) is 60.8 Å². The summed E-state index contributed by atoms with van der Waals surface area (Å²) in [4.78, 5) is 13.9. The first-order chi connectivity index (χ1) is 12.2. The van der Waals surface area contributed by atoms with Gasteiger partial charge >= 0.3 is 0 Å². The van der Waals surface area contributed by atoms with Gasteiger partial charge in [0, 0.05) is 15.5 Å². The summed E-state index contributed by atoms with van der Waals surface area (Å²) in [6, 6.07) is 7.56. The van der Waals surface area contributed by atoms with Crippen molar-refractivity contribution in [1.29, 1.82) is 5.26 Å². The maximum atomic E-state index is 12.6. The Morgan fingerprint density at radius 3 is 2.73 bits per heavy atom. The van der Waals surface area contributed by atoms with Gasteiger partial charge in [-0.25, -0.2) is 0 Å². The molecular weight excluding hydrogens is 364 g/mol. The minimum absolute atomic E-state index is 0.227. The fourth-order valence-electron chi connectivity index (χ4n) is 3.44. The molecule has 1 heterocycles. The number of nitrogens with zero attached hydrogens (tertiary/aromatic N) is 1. The molecule has 0 fully saturated rings. The molecule has 1 aromatic carbocycles. The standard InChI is InChI=1S/C21H23ClN2OS/c1-12-5-6-13(9-17(12)22)19(25)24-20-16(11-23)15-8-7-14(21(2,3)4)10-18(15)26-20/h5-6,9,14H,7-8,10H2,1-4H3,(H,24,25)/t14-/m1/s1. The van der Waals surface area contributed by atoms with Crippen molar-refractivity contribution in [3.63, 3.8) is 0 Å². The highest BCUT2D eigenvalue weighted by Crippen LogP contribution is 2.44. The van der Waals surface area contributed by atoms with Crippen molar-refractivity contribution in [3.8, 4) is 6.07 Å². The summed E-state index contributed by atoms with van der Waals surface area (Å²) >= 11 is 7.68. The van der Waals surface area contributed by atoms with Crippen LogP contribution < -0.4 is 5.32 Å². The molecule has 1 amide bonds. The normalized spacial score (nSPS) is 16.7. The topological polar surface area (TPSA) is 52.9 Å². The van der Waals surface area contributed by atoms with Crippen molar-refractivity contribution in [2.45, 2.75) is 47.0 Å². The number of halogens is 1. The molecule has 1 N–H and O–H groups in total. The monoisotopic (exact) mass is 386 g/mol. The SMILES string of the molecule is Cc1ccc(C(=O)Nc2sc3c(c2C#N)CC[C@@H](C(C)(C)C)C3)cc1Cl. The Balaban J connectivity index is 1.87. The van der Waals surface area contributed by atoms with Crippen LogP contribution in [0.1, 0.15) is 59.1 Å². The highest BCUT2D eigenvalue weighted by molar-refractivity contribution is 7.16. The van der Waals surface area contributed by atoms with Crippen LogP contribution in [0.25, 0.3) is 0 Å². The average molecular weight is 387 g/mol. The molecule has 0 saturated carbocycles. The molecule has 136 valence electrons. The maximum absolute atomic E-state index is 12.6. The van der Waals surface area contributed by atoms with E-state index in [9.17, 15) is 10.1 Å². The van der Waals surface area contributed by atoms with Crippen LogP contribution in [-0.4, -0.2) is 5.91 Å². The van der Waals surface area contributed by atoms with Crippen LogP contribution in [0, 0.1) is 29.6 Å². The minimum Gasteiger partial charge on any atom is -0.312 e. The first kappa shape index (κ1) is 18.9. The first-order valence-corrected chi connectivity index (χ1v) is 10.0. The lowest BCUT2D eigenvalue weighted by Gasteiger charge is -2.33. The van der Waals surface area contributed by atoms with Crippen molar-refractivity contribution >= 4 is 33.8 Å². The van der Waals surface area contributed by atoms with Crippen LogP contribution in [0.3, 0.4) is 0 Å². The van der Waals surface area contributed by atoms with Crippen molar-refractivity contribution in [1.82, 2.24) is 0 Å². The van der Waals surface area contributed by atoms with Gasteiger partial charge in [0.05, 0.1) is 5.56 Å². The number of nitrogens with one attached hydrogen (secondary N) is 1. The molecule has 0 aliphatic heterocycles. The molecule has 0 saturated heterocycles. The summed E-state index contributed by atoms with van der Waals surface area (Å²) < 4.78 is 0. The second-order valence-electron chi connectivity index (χ2n) is 8.04. The predicted octanol–water partition coefficient (Wildman–Crippen LogP) is 5.98. The zero-order valence-electron chi connectivity index (χ0n) is 15.6. The Morgan fingerprint density at radius 2 is 2.12 bits per heavy atom. The lowest BCUT2D eigenvalue weighted by molar-refractivity contribution is 0.102. The Labute approximate surface area is 164 Å². The van der Waals surface area contributed by atoms with E-state index in [1.165, 1.54) is 4.88 Å². The van der Waals surface area contributed by atoms with E-state index < -0.39 is 0 Å². The smallest absolute Gasteiger partial charge is 0.256 e.